The highest BCUT2D eigenvalue weighted by atomic mass is 127. The summed E-state index contributed by atoms with van der Waals surface area (Å²) in [6.45, 7) is 6.82. The van der Waals surface area contributed by atoms with E-state index in [9.17, 15) is 0 Å². The number of halogens is 1. The van der Waals surface area contributed by atoms with Gasteiger partial charge in [-0.3, -0.25) is 0 Å². The van der Waals surface area contributed by atoms with Crippen molar-refractivity contribution < 1.29 is 9.47 Å². The van der Waals surface area contributed by atoms with Crippen LogP contribution < -0.4 is 20.1 Å². The predicted octanol–water partition coefficient (Wildman–Crippen LogP) is 3.75. The van der Waals surface area contributed by atoms with E-state index in [1.807, 2.05) is 37.3 Å². The smallest absolute Gasteiger partial charge is 0.213 e. The predicted molar refractivity (Wildman–Crippen MR) is 120 cm³/mol. The zero-order valence-electron chi connectivity index (χ0n) is 16.2. The van der Waals surface area contributed by atoms with E-state index in [2.05, 4.69) is 33.6 Å². The highest BCUT2D eigenvalue weighted by Crippen LogP contribution is 2.12. The number of aromatic nitrogens is 1. The van der Waals surface area contributed by atoms with Crippen LogP contribution in [-0.2, 0) is 13.1 Å². The molecular weight excluding hydrogens is 455 g/mol. The number of ether oxygens (including phenoxy) is 2. The van der Waals surface area contributed by atoms with Crippen molar-refractivity contribution >= 4 is 29.9 Å². The second-order valence-corrected chi connectivity index (χ2v) is 5.75. The first-order valence-electron chi connectivity index (χ1n) is 8.98. The SMILES string of the molecule is CCCOc1ccc(CN=C(NCC)NCc2cccc(OC)c2)cn1.I. The molecule has 2 rings (SSSR count). The van der Waals surface area contributed by atoms with E-state index in [0.717, 1.165) is 35.8 Å². The maximum absolute atomic E-state index is 5.50. The Morgan fingerprint density at radius 1 is 1.11 bits per heavy atom. The van der Waals surface area contributed by atoms with Gasteiger partial charge in [-0.25, -0.2) is 9.98 Å². The standard InChI is InChI=1S/C20H28N4O2.HI/c1-4-11-26-19-10-9-17(14-22-19)15-24-20(21-5-2)23-13-16-7-6-8-18(12-16)25-3;/h6-10,12,14H,4-5,11,13,15H2,1-3H3,(H2,21,23,24);1H. The third-order valence-electron chi connectivity index (χ3n) is 3.61. The van der Waals surface area contributed by atoms with Crippen molar-refractivity contribution in [3.8, 4) is 11.6 Å². The summed E-state index contributed by atoms with van der Waals surface area (Å²) in [6.07, 6.45) is 2.78. The van der Waals surface area contributed by atoms with E-state index in [4.69, 9.17) is 9.47 Å². The van der Waals surface area contributed by atoms with Gasteiger partial charge in [0.05, 0.1) is 20.3 Å². The topological polar surface area (TPSA) is 67.8 Å². The van der Waals surface area contributed by atoms with Gasteiger partial charge in [-0.05, 0) is 36.6 Å². The fourth-order valence-corrected chi connectivity index (χ4v) is 2.28. The number of rotatable bonds is 9. The van der Waals surface area contributed by atoms with Crippen LogP contribution in [0.3, 0.4) is 0 Å². The van der Waals surface area contributed by atoms with Crippen molar-refractivity contribution in [2.75, 3.05) is 20.3 Å². The average Bonchev–Trinajstić information content (AvgIpc) is 2.69. The molecule has 148 valence electrons. The second-order valence-electron chi connectivity index (χ2n) is 5.75. The van der Waals surface area contributed by atoms with Crippen LogP contribution in [0.25, 0.3) is 0 Å². The van der Waals surface area contributed by atoms with E-state index >= 15 is 0 Å². The van der Waals surface area contributed by atoms with Gasteiger partial charge in [0.1, 0.15) is 5.75 Å². The molecule has 0 aliphatic carbocycles. The first-order chi connectivity index (χ1) is 12.7. The van der Waals surface area contributed by atoms with E-state index in [1.165, 1.54) is 0 Å². The largest absolute Gasteiger partial charge is 0.497 e. The molecule has 1 heterocycles. The third-order valence-corrected chi connectivity index (χ3v) is 3.61. The average molecular weight is 484 g/mol. The molecule has 7 heteroatoms. The lowest BCUT2D eigenvalue weighted by atomic mass is 10.2. The molecule has 1 aromatic heterocycles. The summed E-state index contributed by atoms with van der Waals surface area (Å²) >= 11 is 0. The van der Waals surface area contributed by atoms with Crippen molar-refractivity contribution in [2.24, 2.45) is 4.99 Å². The summed E-state index contributed by atoms with van der Waals surface area (Å²) in [5.41, 5.74) is 2.17. The molecule has 0 fully saturated rings. The number of benzene rings is 1. The highest BCUT2D eigenvalue weighted by Gasteiger charge is 2.01. The van der Waals surface area contributed by atoms with Gasteiger partial charge >= 0.3 is 0 Å². The lowest BCUT2D eigenvalue weighted by Gasteiger charge is -2.12. The molecule has 0 saturated heterocycles. The summed E-state index contributed by atoms with van der Waals surface area (Å²) < 4.78 is 10.8. The molecule has 2 aromatic rings. The van der Waals surface area contributed by atoms with E-state index in [-0.39, 0.29) is 24.0 Å². The molecule has 0 aliphatic heterocycles. The molecule has 0 amide bonds. The number of guanidine groups is 1. The normalized spacial score (nSPS) is 10.7. The summed E-state index contributed by atoms with van der Waals surface area (Å²) in [6, 6.07) is 11.9. The Morgan fingerprint density at radius 2 is 1.96 bits per heavy atom. The van der Waals surface area contributed by atoms with Gasteiger partial charge in [0.2, 0.25) is 5.88 Å². The van der Waals surface area contributed by atoms with Crippen LogP contribution >= 0.6 is 24.0 Å². The fraction of sp³-hybridized carbons (Fsp3) is 0.400. The van der Waals surface area contributed by atoms with Crippen molar-refractivity contribution in [1.29, 1.82) is 0 Å². The fourth-order valence-electron chi connectivity index (χ4n) is 2.28. The minimum Gasteiger partial charge on any atom is -0.497 e. The van der Waals surface area contributed by atoms with Crippen molar-refractivity contribution in [2.45, 2.75) is 33.4 Å². The summed E-state index contributed by atoms with van der Waals surface area (Å²) in [7, 11) is 1.67. The number of aliphatic imine (C=N–C) groups is 1. The van der Waals surface area contributed by atoms with Gasteiger partial charge in [-0.2, -0.15) is 0 Å². The number of pyridine rings is 1. The molecule has 1 aromatic carbocycles. The van der Waals surface area contributed by atoms with Crippen molar-refractivity contribution in [3.63, 3.8) is 0 Å². The van der Waals surface area contributed by atoms with Gasteiger partial charge in [0.15, 0.2) is 5.96 Å². The van der Waals surface area contributed by atoms with Gasteiger partial charge in [0, 0.05) is 25.4 Å². The van der Waals surface area contributed by atoms with Gasteiger partial charge in [0.25, 0.3) is 0 Å². The third kappa shape index (κ3) is 8.47. The number of nitrogens with zero attached hydrogens (tertiary/aromatic N) is 2. The van der Waals surface area contributed by atoms with Crippen LogP contribution in [0.4, 0.5) is 0 Å². The lowest BCUT2D eigenvalue weighted by molar-refractivity contribution is 0.305. The maximum atomic E-state index is 5.50. The monoisotopic (exact) mass is 484 g/mol. The molecular formula is C20H29IN4O2. The number of methoxy groups -OCH3 is 1. The molecule has 0 atom stereocenters. The Bertz CT molecular complexity index is 693. The summed E-state index contributed by atoms with van der Waals surface area (Å²) in [4.78, 5) is 8.92. The Kier molecular flexibility index (Phi) is 11.2. The summed E-state index contributed by atoms with van der Waals surface area (Å²) in [5.74, 6) is 2.27. The zero-order valence-corrected chi connectivity index (χ0v) is 18.5. The first-order valence-corrected chi connectivity index (χ1v) is 8.98. The minimum absolute atomic E-state index is 0. The lowest BCUT2D eigenvalue weighted by Crippen LogP contribution is -2.36. The Labute approximate surface area is 178 Å². The highest BCUT2D eigenvalue weighted by molar-refractivity contribution is 14.0. The first kappa shape index (κ1) is 23.0. The molecule has 27 heavy (non-hydrogen) atoms. The van der Waals surface area contributed by atoms with E-state index in [0.29, 0.717) is 25.6 Å². The van der Waals surface area contributed by atoms with Crippen LogP contribution in [0.15, 0.2) is 47.6 Å². The van der Waals surface area contributed by atoms with Crippen molar-refractivity contribution in [3.05, 3.63) is 53.7 Å². The second kappa shape index (κ2) is 13.2. The summed E-state index contributed by atoms with van der Waals surface area (Å²) in [5, 5.41) is 6.59. The maximum Gasteiger partial charge on any atom is 0.213 e. The zero-order chi connectivity index (χ0) is 18.6. The number of hydrogen-bond acceptors (Lipinski definition) is 4. The van der Waals surface area contributed by atoms with Crippen LogP contribution in [0.1, 0.15) is 31.4 Å². The molecule has 0 aliphatic rings. The minimum atomic E-state index is 0. The molecule has 6 nitrogen and oxygen atoms in total. The van der Waals surface area contributed by atoms with Gasteiger partial charge in [-0.1, -0.05) is 25.1 Å². The van der Waals surface area contributed by atoms with E-state index < -0.39 is 0 Å². The Hall–Kier alpha value is -2.03. The molecule has 0 unspecified atom stereocenters. The van der Waals surface area contributed by atoms with E-state index in [1.54, 1.807) is 13.3 Å². The van der Waals surface area contributed by atoms with Crippen LogP contribution in [-0.4, -0.2) is 31.2 Å². The number of nitrogens with one attached hydrogen (secondary N) is 2. The van der Waals surface area contributed by atoms with Crippen LogP contribution in [0, 0.1) is 0 Å². The Balaban J connectivity index is 0.00000364. The van der Waals surface area contributed by atoms with Crippen molar-refractivity contribution in [1.82, 2.24) is 15.6 Å². The molecule has 0 saturated carbocycles. The molecule has 0 spiro atoms. The molecule has 0 bridgehead atoms. The van der Waals surface area contributed by atoms with Gasteiger partial charge < -0.3 is 20.1 Å². The van der Waals surface area contributed by atoms with Crippen LogP contribution in [0.2, 0.25) is 0 Å². The number of hydrogen-bond donors (Lipinski definition) is 2. The molecule has 0 radical (unpaired) electrons. The van der Waals surface area contributed by atoms with Crippen LogP contribution in [0.5, 0.6) is 11.6 Å². The van der Waals surface area contributed by atoms with Gasteiger partial charge in [-0.15, -0.1) is 24.0 Å². The Morgan fingerprint density at radius 3 is 2.63 bits per heavy atom. The quantitative estimate of drug-likeness (QED) is 0.323. The molecule has 2 N–H and O–H groups in total.